The summed E-state index contributed by atoms with van der Waals surface area (Å²) in [6.45, 7) is 1.82. The summed E-state index contributed by atoms with van der Waals surface area (Å²) >= 11 is 5.45. The molecule has 0 spiro atoms. The highest BCUT2D eigenvalue weighted by Gasteiger charge is 1.93. The van der Waals surface area contributed by atoms with E-state index in [1.807, 2.05) is 6.92 Å². The fourth-order valence-electron chi connectivity index (χ4n) is 0.711. The van der Waals surface area contributed by atoms with Gasteiger partial charge in [0.25, 0.3) is 0 Å². The van der Waals surface area contributed by atoms with Crippen LogP contribution in [0.2, 0.25) is 0 Å². The van der Waals surface area contributed by atoms with Gasteiger partial charge in [0.05, 0.1) is 6.10 Å². The molecule has 0 fully saturated rings. The maximum absolute atomic E-state index is 8.82. The first-order valence-electron chi connectivity index (χ1n) is 3.51. The van der Waals surface area contributed by atoms with E-state index in [0.717, 1.165) is 31.6 Å². The van der Waals surface area contributed by atoms with Crippen LogP contribution in [0.25, 0.3) is 0 Å². The van der Waals surface area contributed by atoms with Crippen LogP contribution in [0.5, 0.6) is 0 Å². The van der Waals surface area contributed by atoms with Gasteiger partial charge in [0.1, 0.15) is 0 Å². The molecule has 0 saturated heterocycles. The zero-order valence-electron chi connectivity index (χ0n) is 5.94. The first-order chi connectivity index (χ1) is 4.27. The van der Waals surface area contributed by atoms with Gasteiger partial charge in [0.15, 0.2) is 0 Å². The third-order valence-electron chi connectivity index (χ3n) is 1.26. The number of halogens is 1. The van der Waals surface area contributed by atoms with E-state index in [0.29, 0.717) is 0 Å². The minimum Gasteiger partial charge on any atom is -0.393 e. The second kappa shape index (κ2) is 6.37. The van der Waals surface area contributed by atoms with Gasteiger partial charge in [-0.25, -0.2) is 0 Å². The summed E-state index contributed by atoms with van der Waals surface area (Å²) in [6.07, 6.45) is 4.10. The predicted molar refractivity (Wildman–Crippen MR) is 40.9 cm³/mol. The molecule has 1 nitrogen and oxygen atoms in total. The summed E-state index contributed by atoms with van der Waals surface area (Å²) in [5.41, 5.74) is 0. The van der Waals surface area contributed by atoms with Crippen LogP contribution in [0, 0.1) is 0 Å². The van der Waals surface area contributed by atoms with E-state index in [1.54, 1.807) is 0 Å². The number of aliphatic hydroxyl groups is 1. The van der Waals surface area contributed by atoms with Crippen LogP contribution in [0.1, 0.15) is 32.6 Å². The Bertz CT molecular complexity index is 54.9. The Morgan fingerprint density at radius 3 is 2.44 bits per heavy atom. The van der Waals surface area contributed by atoms with Gasteiger partial charge in [-0.1, -0.05) is 12.8 Å². The van der Waals surface area contributed by atoms with Gasteiger partial charge < -0.3 is 5.11 Å². The highest BCUT2D eigenvalue weighted by Crippen LogP contribution is 2.03. The van der Waals surface area contributed by atoms with E-state index in [4.69, 9.17) is 16.7 Å². The molecule has 0 aliphatic carbocycles. The number of hydrogen-bond acceptors (Lipinski definition) is 1. The van der Waals surface area contributed by atoms with Gasteiger partial charge in [0.2, 0.25) is 0 Å². The van der Waals surface area contributed by atoms with Crippen LogP contribution in [-0.4, -0.2) is 17.1 Å². The van der Waals surface area contributed by atoms with Crippen molar-refractivity contribution in [1.82, 2.24) is 0 Å². The molecule has 0 amide bonds. The summed E-state index contributed by atoms with van der Waals surface area (Å²) in [4.78, 5) is 0. The van der Waals surface area contributed by atoms with Crippen LogP contribution < -0.4 is 0 Å². The van der Waals surface area contributed by atoms with Crippen molar-refractivity contribution in [2.45, 2.75) is 38.7 Å². The second-order valence-corrected chi connectivity index (χ2v) is 2.77. The fraction of sp³-hybridized carbons (Fsp3) is 1.00. The zero-order valence-corrected chi connectivity index (χ0v) is 6.69. The van der Waals surface area contributed by atoms with Gasteiger partial charge in [-0.15, -0.1) is 11.6 Å². The van der Waals surface area contributed by atoms with Gasteiger partial charge in [-0.05, 0) is 19.8 Å². The van der Waals surface area contributed by atoms with Crippen molar-refractivity contribution in [3.05, 3.63) is 0 Å². The van der Waals surface area contributed by atoms with E-state index in [2.05, 4.69) is 0 Å². The molecule has 0 bridgehead atoms. The molecule has 0 aliphatic heterocycles. The normalized spacial score (nSPS) is 13.7. The first kappa shape index (κ1) is 9.25. The smallest absolute Gasteiger partial charge is 0.0512 e. The minimum atomic E-state index is -0.139. The number of rotatable bonds is 5. The Morgan fingerprint density at radius 1 is 1.33 bits per heavy atom. The number of unbranched alkanes of at least 4 members (excludes halogenated alkanes) is 2. The second-order valence-electron chi connectivity index (χ2n) is 2.39. The van der Waals surface area contributed by atoms with E-state index in [9.17, 15) is 0 Å². The van der Waals surface area contributed by atoms with Gasteiger partial charge in [0, 0.05) is 5.88 Å². The van der Waals surface area contributed by atoms with E-state index < -0.39 is 0 Å². The van der Waals surface area contributed by atoms with Crippen molar-refractivity contribution in [3.63, 3.8) is 0 Å². The molecule has 1 N–H and O–H groups in total. The minimum absolute atomic E-state index is 0.139. The average Bonchev–Trinajstić information content (AvgIpc) is 1.80. The molecule has 0 radical (unpaired) electrons. The average molecular weight is 151 g/mol. The predicted octanol–water partition coefficient (Wildman–Crippen LogP) is 2.17. The fourth-order valence-corrected chi connectivity index (χ4v) is 0.900. The van der Waals surface area contributed by atoms with E-state index >= 15 is 0 Å². The molecule has 56 valence electrons. The number of alkyl halides is 1. The van der Waals surface area contributed by atoms with E-state index in [1.165, 1.54) is 0 Å². The molecule has 9 heavy (non-hydrogen) atoms. The number of aliphatic hydroxyl groups excluding tert-OH is 1. The van der Waals surface area contributed by atoms with Crippen LogP contribution in [0.3, 0.4) is 0 Å². The third kappa shape index (κ3) is 8.25. The summed E-state index contributed by atoms with van der Waals surface area (Å²) < 4.78 is 0. The molecule has 0 aromatic carbocycles. The maximum Gasteiger partial charge on any atom is 0.0512 e. The van der Waals surface area contributed by atoms with Gasteiger partial charge in [-0.2, -0.15) is 0 Å². The van der Waals surface area contributed by atoms with Crippen LogP contribution >= 0.6 is 11.6 Å². The molecule has 1 atom stereocenters. The quantitative estimate of drug-likeness (QED) is 0.471. The van der Waals surface area contributed by atoms with Crippen molar-refractivity contribution in [2.75, 3.05) is 5.88 Å². The van der Waals surface area contributed by atoms with Crippen molar-refractivity contribution >= 4 is 11.6 Å². The maximum atomic E-state index is 8.82. The summed E-state index contributed by atoms with van der Waals surface area (Å²) in [6, 6.07) is 0. The third-order valence-corrected chi connectivity index (χ3v) is 1.52. The van der Waals surface area contributed by atoms with Gasteiger partial charge >= 0.3 is 0 Å². The van der Waals surface area contributed by atoms with Crippen LogP contribution in [-0.2, 0) is 0 Å². The van der Waals surface area contributed by atoms with Crippen molar-refractivity contribution in [1.29, 1.82) is 0 Å². The lowest BCUT2D eigenvalue weighted by molar-refractivity contribution is 0.180. The molecule has 2 heteroatoms. The Labute approximate surface area is 62.0 Å². The summed E-state index contributed by atoms with van der Waals surface area (Å²) in [7, 11) is 0. The Balaban J connectivity index is 2.75. The Kier molecular flexibility index (Phi) is 6.55. The lowest BCUT2D eigenvalue weighted by Crippen LogP contribution is -1.98. The topological polar surface area (TPSA) is 20.2 Å². The lowest BCUT2D eigenvalue weighted by Gasteiger charge is -2.00. The van der Waals surface area contributed by atoms with Gasteiger partial charge in [-0.3, -0.25) is 0 Å². The van der Waals surface area contributed by atoms with Crippen molar-refractivity contribution in [3.8, 4) is 0 Å². The molecule has 0 unspecified atom stereocenters. The molecular weight excluding hydrogens is 136 g/mol. The largest absolute Gasteiger partial charge is 0.393 e. The molecule has 0 aromatic heterocycles. The zero-order chi connectivity index (χ0) is 7.11. The molecule has 0 saturated carbocycles. The highest BCUT2D eigenvalue weighted by atomic mass is 35.5. The Morgan fingerprint density at radius 2 is 2.00 bits per heavy atom. The van der Waals surface area contributed by atoms with Crippen molar-refractivity contribution < 1.29 is 5.11 Å². The highest BCUT2D eigenvalue weighted by molar-refractivity contribution is 6.17. The number of hydrogen-bond donors (Lipinski definition) is 1. The molecule has 0 heterocycles. The van der Waals surface area contributed by atoms with Crippen LogP contribution in [0.4, 0.5) is 0 Å². The first-order valence-corrected chi connectivity index (χ1v) is 4.05. The van der Waals surface area contributed by atoms with E-state index in [-0.39, 0.29) is 6.10 Å². The molecule has 0 rings (SSSR count). The lowest BCUT2D eigenvalue weighted by atomic mass is 10.1. The van der Waals surface area contributed by atoms with Crippen molar-refractivity contribution in [2.24, 2.45) is 0 Å². The monoisotopic (exact) mass is 150 g/mol. The SMILES string of the molecule is C[C@H](O)CCCCCCl. The molecule has 0 aromatic rings. The summed E-state index contributed by atoms with van der Waals surface area (Å²) in [5, 5.41) is 8.82. The molecular formula is C7H15ClO. The summed E-state index contributed by atoms with van der Waals surface area (Å²) in [5.74, 6) is 0.750. The standard InChI is InChI=1S/C7H15ClO/c1-7(9)5-3-2-4-6-8/h7,9H,2-6H2,1H3/t7-/m0/s1. The molecule has 0 aliphatic rings. The van der Waals surface area contributed by atoms with Crippen LogP contribution in [0.15, 0.2) is 0 Å². The Hall–Kier alpha value is 0.250.